The van der Waals surface area contributed by atoms with Gasteiger partial charge in [-0.15, -0.1) is 9.61 Å². The van der Waals surface area contributed by atoms with Crippen molar-refractivity contribution < 1.29 is 38.2 Å². The van der Waals surface area contributed by atoms with Crippen LogP contribution in [0.15, 0.2) is 0 Å². The third-order valence-corrected chi connectivity index (χ3v) is 5.48. The number of aliphatic carboxylic acids is 1. The molecular weight excluding hydrogens is 367 g/mol. The lowest BCUT2D eigenvalue weighted by atomic mass is 9.87. The molecule has 0 saturated carbocycles. The Bertz CT molecular complexity index is 542. The fourth-order valence-electron chi connectivity index (χ4n) is 2.26. The zero-order valence-corrected chi connectivity index (χ0v) is 16.5. The quantitative estimate of drug-likeness (QED) is 0.341. The minimum Gasteiger partial charge on any atom is -0.480 e. The molecule has 0 radical (unpaired) electrons. The Morgan fingerprint density at radius 2 is 1.96 bits per heavy atom. The van der Waals surface area contributed by atoms with E-state index in [4.69, 9.17) is 9.05 Å². The van der Waals surface area contributed by atoms with Gasteiger partial charge in [-0.1, -0.05) is 27.7 Å². The number of ether oxygens (including phenoxy) is 1. The van der Waals surface area contributed by atoms with E-state index in [0.29, 0.717) is 0 Å². The number of esters is 1. The van der Waals surface area contributed by atoms with E-state index in [-0.39, 0.29) is 25.5 Å². The second-order valence-corrected chi connectivity index (χ2v) is 8.84. The van der Waals surface area contributed by atoms with Gasteiger partial charge in [0.05, 0.1) is 13.5 Å². The van der Waals surface area contributed by atoms with Gasteiger partial charge < -0.3 is 15.2 Å². The monoisotopic (exact) mass is 395 g/mol. The van der Waals surface area contributed by atoms with Crippen molar-refractivity contribution in [1.29, 1.82) is 0 Å². The van der Waals surface area contributed by atoms with Gasteiger partial charge in [0.1, 0.15) is 12.6 Å². The molecule has 0 spiro atoms. The van der Waals surface area contributed by atoms with Crippen molar-refractivity contribution in [1.82, 2.24) is 10.4 Å². The van der Waals surface area contributed by atoms with Crippen LogP contribution >= 0.6 is 8.09 Å². The summed E-state index contributed by atoms with van der Waals surface area (Å²) >= 11 is 0. The van der Waals surface area contributed by atoms with Crippen LogP contribution in [-0.4, -0.2) is 60.3 Å². The van der Waals surface area contributed by atoms with Gasteiger partial charge >= 0.3 is 20.0 Å². The number of hydrogen-bond donors (Lipinski definition) is 4. The van der Waals surface area contributed by atoms with E-state index in [1.807, 2.05) is 0 Å². The van der Waals surface area contributed by atoms with Gasteiger partial charge in [0.25, 0.3) is 5.91 Å². The van der Waals surface area contributed by atoms with Crippen molar-refractivity contribution in [2.75, 3.05) is 20.3 Å². The summed E-state index contributed by atoms with van der Waals surface area (Å²) in [4.78, 5) is 45.5. The second-order valence-electron chi connectivity index (χ2n) is 7.07. The Hall–Kier alpha value is -1.32. The molecule has 1 fully saturated rings. The highest BCUT2D eigenvalue weighted by atomic mass is 31.2. The Labute approximate surface area is 153 Å². The molecular formula is C15H28N2O8P+. The van der Waals surface area contributed by atoms with E-state index < -0.39 is 43.5 Å². The maximum atomic E-state index is 12.4. The average molecular weight is 395 g/mol. The Morgan fingerprint density at radius 3 is 2.46 bits per heavy atom. The number of amides is 1. The van der Waals surface area contributed by atoms with Gasteiger partial charge in [0.15, 0.2) is 6.10 Å². The number of carbonyl (C=O) groups is 3. The Balaban J connectivity index is 2.82. The van der Waals surface area contributed by atoms with Gasteiger partial charge in [0.2, 0.25) is 0 Å². The highest BCUT2D eigenvalue weighted by Gasteiger charge is 2.59. The molecule has 1 aliphatic rings. The summed E-state index contributed by atoms with van der Waals surface area (Å²) in [5.74, 6) is -2.50. The molecule has 1 amide bonds. The molecule has 11 heteroatoms. The minimum absolute atomic E-state index is 0.00200. The normalized spacial score (nSPS) is 26.2. The van der Waals surface area contributed by atoms with Crippen LogP contribution in [0.25, 0.3) is 0 Å². The van der Waals surface area contributed by atoms with Crippen LogP contribution in [0.3, 0.4) is 0 Å². The zero-order valence-electron chi connectivity index (χ0n) is 15.6. The molecule has 0 aromatic rings. The molecule has 1 saturated heterocycles. The Morgan fingerprint density at radius 1 is 1.35 bits per heavy atom. The van der Waals surface area contributed by atoms with Gasteiger partial charge in [-0.05, 0) is 5.92 Å². The molecule has 1 rings (SSSR count). The first kappa shape index (κ1) is 22.7. The molecule has 150 valence electrons. The van der Waals surface area contributed by atoms with Crippen molar-refractivity contribution in [3.05, 3.63) is 0 Å². The van der Waals surface area contributed by atoms with Crippen LogP contribution in [0.4, 0.5) is 0 Å². The Kier molecular flexibility index (Phi) is 7.91. The molecule has 0 aromatic heterocycles. The van der Waals surface area contributed by atoms with Gasteiger partial charge in [0, 0.05) is 12.0 Å². The molecule has 1 aliphatic heterocycles. The maximum Gasteiger partial charge on any atom is 0.500 e. The predicted octanol–water partition coefficient (Wildman–Crippen LogP) is 0.476. The maximum absolute atomic E-state index is 12.4. The summed E-state index contributed by atoms with van der Waals surface area (Å²) in [7, 11) is -2.51. The predicted molar refractivity (Wildman–Crippen MR) is 92.8 cm³/mol. The van der Waals surface area contributed by atoms with Crippen molar-refractivity contribution in [2.45, 2.75) is 46.3 Å². The lowest BCUT2D eigenvalue weighted by Crippen LogP contribution is -2.53. The number of carbonyl (C=O) groups excluding carboxylic acids is 2. The van der Waals surface area contributed by atoms with Crippen molar-refractivity contribution >= 4 is 25.9 Å². The van der Waals surface area contributed by atoms with Crippen LogP contribution in [-0.2, 0) is 28.2 Å². The van der Waals surface area contributed by atoms with Crippen LogP contribution in [0.1, 0.15) is 34.1 Å². The van der Waals surface area contributed by atoms with Crippen molar-refractivity contribution in [3.8, 4) is 0 Å². The highest BCUT2D eigenvalue weighted by Crippen LogP contribution is 2.60. The van der Waals surface area contributed by atoms with Gasteiger partial charge in [-0.25, -0.2) is 0 Å². The second kappa shape index (κ2) is 9.05. The smallest absolute Gasteiger partial charge is 0.480 e. The summed E-state index contributed by atoms with van der Waals surface area (Å²) < 4.78 is 15.4. The first-order valence-corrected chi connectivity index (χ1v) is 9.79. The number of methoxy groups -OCH3 is 1. The number of hydrogen-bond acceptors (Lipinski definition) is 8. The van der Waals surface area contributed by atoms with E-state index in [9.17, 15) is 24.4 Å². The van der Waals surface area contributed by atoms with Crippen molar-refractivity contribution in [3.63, 3.8) is 0 Å². The van der Waals surface area contributed by atoms with E-state index in [2.05, 4.69) is 15.1 Å². The largest absolute Gasteiger partial charge is 0.500 e. The summed E-state index contributed by atoms with van der Waals surface area (Å²) in [5.41, 5.74) is -0.764. The van der Waals surface area contributed by atoms with E-state index >= 15 is 0 Å². The fraction of sp³-hybridized carbons (Fsp3) is 0.800. The van der Waals surface area contributed by atoms with Crippen LogP contribution < -0.4 is 10.4 Å². The molecule has 26 heavy (non-hydrogen) atoms. The fourth-order valence-corrected chi connectivity index (χ4v) is 4.39. The lowest BCUT2D eigenvalue weighted by molar-refractivity contribution is -0.142. The standard InChI is InChI=1S/C15H27N2O8P/c1-9(2)11(14(20)21)17-26(22)24-8-15(3,4)12(25-26)13(19)16-7-6-10(18)23-5/h9,11-12,17,22H,6-8H2,1-5H3,(H-,16,19,20,21)/p+1/t11-,12-,26?/m0/s1. The summed E-state index contributed by atoms with van der Waals surface area (Å²) in [6.07, 6.45) is -1.08. The molecule has 4 N–H and O–H groups in total. The molecule has 1 unspecified atom stereocenters. The summed E-state index contributed by atoms with van der Waals surface area (Å²) in [5, 5.41) is 14.3. The van der Waals surface area contributed by atoms with Gasteiger partial charge in [-0.2, -0.15) is 9.42 Å². The van der Waals surface area contributed by atoms with Crippen LogP contribution in [0.5, 0.6) is 0 Å². The molecule has 3 atom stereocenters. The summed E-state index contributed by atoms with van der Waals surface area (Å²) in [6, 6.07) is -1.10. The SMILES string of the molecule is COC(=O)CCNC(=O)[C@@H]1O[P+](O)(N[C@H](C(=O)O)C(C)C)OCC1(C)C. The molecule has 10 nitrogen and oxygen atoms in total. The van der Waals surface area contributed by atoms with Crippen LogP contribution in [0, 0.1) is 11.3 Å². The van der Waals surface area contributed by atoms with E-state index in [1.54, 1.807) is 27.7 Å². The van der Waals surface area contributed by atoms with Crippen molar-refractivity contribution in [2.24, 2.45) is 11.3 Å². The summed E-state index contributed by atoms with van der Waals surface area (Å²) in [6.45, 7) is 6.82. The molecule has 0 aliphatic carbocycles. The number of carboxylic acids is 1. The average Bonchev–Trinajstić information content (AvgIpc) is 2.54. The molecule has 0 bridgehead atoms. The van der Waals surface area contributed by atoms with Crippen LogP contribution in [0.2, 0.25) is 0 Å². The first-order valence-electron chi connectivity index (χ1n) is 8.21. The lowest BCUT2D eigenvalue weighted by Gasteiger charge is -2.38. The van der Waals surface area contributed by atoms with E-state index in [0.717, 1.165) is 0 Å². The molecule has 0 aromatic carbocycles. The number of rotatable bonds is 8. The first-order chi connectivity index (χ1) is 11.9. The molecule has 1 heterocycles. The minimum atomic E-state index is -3.76. The number of carboxylic acid groups (broad SMARTS) is 1. The third kappa shape index (κ3) is 6.14. The van der Waals surface area contributed by atoms with Gasteiger partial charge in [-0.3, -0.25) is 14.4 Å². The topological polar surface area (TPSA) is 143 Å². The highest BCUT2D eigenvalue weighted by molar-refractivity contribution is 7.58. The number of nitrogens with one attached hydrogen (secondary N) is 2. The van der Waals surface area contributed by atoms with E-state index in [1.165, 1.54) is 7.11 Å². The zero-order chi connectivity index (χ0) is 20.1. The third-order valence-electron chi connectivity index (χ3n) is 3.90.